The summed E-state index contributed by atoms with van der Waals surface area (Å²) in [5.41, 5.74) is 22.1. The molecule has 7 heterocycles. The van der Waals surface area contributed by atoms with Crippen LogP contribution in [0.3, 0.4) is 0 Å². The number of thiophene rings is 1. The number of fused-ring (bicyclic) bond motifs is 12. The third kappa shape index (κ3) is 14.3. The molecular formula is C100H70N8O2S. The lowest BCUT2D eigenvalue weighted by atomic mass is 9.95. The van der Waals surface area contributed by atoms with Crippen LogP contribution < -0.4 is 0 Å². The van der Waals surface area contributed by atoms with E-state index in [0.29, 0.717) is 0 Å². The summed E-state index contributed by atoms with van der Waals surface area (Å²) in [5.74, 6) is 3.09. The number of hydrogen-bond acceptors (Lipinski definition) is 11. The van der Waals surface area contributed by atoms with Crippen molar-refractivity contribution < 1.29 is 8.83 Å². The second-order valence-corrected chi connectivity index (χ2v) is 28.5. The van der Waals surface area contributed by atoms with Crippen LogP contribution in [0.15, 0.2) is 361 Å². The fraction of sp³-hybridized carbons (Fsp3) is 0.0400. The van der Waals surface area contributed by atoms with Gasteiger partial charge in [-0.1, -0.05) is 285 Å². The zero-order chi connectivity index (χ0) is 74.7. The van der Waals surface area contributed by atoms with Gasteiger partial charge in [-0.05, 0) is 122 Å². The maximum absolute atomic E-state index is 6.21. The summed E-state index contributed by atoms with van der Waals surface area (Å²) in [6.07, 6.45) is 0. The van der Waals surface area contributed by atoms with Crippen molar-refractivity contribution in [1.82, 2.24) is 39.9 Å². The molecule has 21 aromatic rings. The summed E-state index contributed by atoms with van der Waals surface area (Å²) >= 11 is 1.83. The molecule has 111 heavy (non-hydrogen) atoms. The van der Waals surface area contributed by atoms with Crippen molar-refractivity contribution in [3.05, 3.63) is 375 Å². The van der Waals surface area contributed by atoms with Gasteiger partial charge in [0.05, 0.1) is 45.6 Å². The SMILES string of the molecule is Cc1nc(-c2ccccc2)cc(-c2cc3ccccc3c3ccccc23)n1.Cc1nc(-c2ccccc2)cc(-c2ccc(-c3cccc4c3oc3ccccc34)cc2)n1.Cc1nc(-c2ccccc2)cc(-c2ccc3c(c2)oc2ccccc23)n1.Cc1nc(-c2ccccc2)cc(-c2ccc3c(c2)sc2ccccc23)n1. The average molecular weight is 1450 g/mol. The minimum atomic E-state index is 0.756. The van der Waals surface area contributed by atoms with Crippen molar-refractivity contribution in [3.8, 4) is 101 Å². The van der Waals surface area contributed by atoms with Gasteiger partial charge in [0.1, 0.15) is 45.6 Å². The highest BCUT2D eigenvalue weighted by Gasteiger charge is 2.18. The van der Waals surface area contributed by atoms with Crippen LogP contribution in [0, 0.1) is 27.7 Å². The first kappa shape index (κ1) is 68.5. The largest absolute Gasteiger partial charge is 0.456 e. The third-order valence-corrected chi connectivity index (χ3v) is 21.1. The molecule has 10 nitrogen and oxygen atoms in total. The van der Waals surface area contributed by atoms with Crippen molar-refractivity contribution in [2.75, 3.05) is 0 Å². The Bertz CT molecular complexity index is 6810. The van der Waals surface area contributed by atoms with Crippen molar-refractivity contribution in [2.24, 2.45) is 0 Å². The lowest BCUT2D eigenvalue weighted by Gasteiger charge is -2.12. The molecule has 0 fully saturated rings. The molecular weight excluding hydrogens is 1380 g/mol. The number of hydrogen-bond donors (Lipinski definition) is 0. The minimum Gasteiger partial charge on any atom is -0.456 e. The fourth-order valence-electron chi connectivity index (χ4n) is 14.7. The number of benzene rings is 14. The van der Waals surface area contributed by atoms with Gasteiger partial charge in [-0.15, -0.1) is 11.3 Å². The van der Waals surface area contributed by atoms with Crippen LogP contribution >= 0.6 is 11.3 Å². The summed E-state index contributed by atoms with van der Waals surface area (Å²) in [5, 5.41) is 12.1. The van der Waals surface area contributed by atoms with Gasteiger partial charge in [0.2, 0.25) is 0 Å². The van der Waals surface area contributed by atoms with E-state index >= 15 is 0 Å². The zero-order valence-corrected chi connectivity index (χ0v) is 62.1. The lowest BCUT2D eigenvalue weighted by molar-refractivity contribution is 0.669. The molecule has 0 amide bonds. The van der Waals surface area contributed by atoms with E-state index in [9.17, 15) is 0 Å². The van der Waals surface area contributed by atoms with Crippen molar-refractivity contribution >= 4 is 96.9 Å². The molecule has 7 aromatic heterocycles. The van der Waals surface area contributed by atoms with E-state index in [-0.39, 0.29) is 0 Å². The molecule has 21 rings (SSSR count). The number of aryl methyl sites for hydroxylation is 4. The van der Waals surface area contributed by atoms with Crippen LogP contribution in [0.1, 0.15) is 23.3 Å². The monoisotopic (exact) mass is 1450 g/mol. The Morgan fingerprint density at radius 3 is 1.09 bits per heavy atom. The van der Waals surface area contributed by atoms with Crippen LogP contribution in [0.25, 0.3) is 187 Å². The molecule has 0 spiro atoms. The molecule has 0 radical (unpaired) electrons. The number of para-hydroxylation sites is 3. The minimum absolute atomic E-state index is 0.756. The Balaban J connectivity index is 0.000000104. The molecule has 0 saturated carbocycles. The lowest BCUT2D eigenvalue weighted by Crippen LogP contribution is -1.95. The van der Waals surface area contributed by atoms with Crippen molar-refractivity contribution in [2.45, 2.75) is 27.7 Å². The number of furan rings is 2. The van der Waals surface area contributed by atoms with Gasteiger partial charge in [0, 0.05) is 91.8 Å². The third-order valence-electron chi connectivity index (χ3n) is 19.9. The normalized spacial score (nSPS) is 11.2. The second-order valence-electron chi connectivity index (χ2n) is 27.4. The Labute approximate surface area is 645 Å². The predicted molar refractivity (Wildman–Crippen MR) is 458 cm³/mol. The quantitative estimate of drug-likeness (QED) is 0.129. The number of aromatic nitrogens is 8. The molecule has 0 aliphatic carbocycles. The molecule has 0 saturated heterocycles. The smallest absolute Gasteiger partial charge is 0.143 e. The van der Waals surface area contributed by atoms with E-state index in [1.807, 2.05) is 154 Å². The van der Waals surface area contributed by atoms with Gasteiger partial charge in [-0.2, -0.15) is 0 Å². The number of nitrogens with zero attached hydrogens (tertiary/aromatic N) is 8. The summed E-state index contributed by atoms with van der Waals surface area (Å²) in [6, 6.07) is 121. The maximum Gasteiger partial charge on any atom is 0.143 e. The highest BCUT2D eigenvalue weighted by Crippen LogP contribution is 2.41. The molecule has 0 aliphatic heterocycles. The summed E-state index contributed by atoms with van der Waals surface area (Å²) in [4.78, 5) is 37.3. The van der Waals surface area contributed by atoms with Crippen LogP contribution in [0.2, 0.25) is 0 Å². The van der Waals surface area contributed by atoms with E-state index in [0.717, 1.165) is 168 Å². The second kappa shape index (κ2) is 30.2. The first-order chi connectivity index (χ1) is 54.6. The highest BCUT2D eigenvalue weighted by atomic mass is 32.1. The first-order valence-corrected chi connectivity index (χ1v) is 37.8. The Morgan fingerprint density at radius 2 is 0.550 bits per heavy atom. The molecule has 11 heteroatoms. The summed E-state index contributed by atoms with van der Waals surface area (Å²) < 4.78 is 14.8. The van der Waals surface area contributed by atoms with Gasteiger partial charge in [-0.3, -0.25) is 0 Å². The summed E-state index contributed by atoms with van der Waals surface area (Å²) in [7, 11) is 0. The predicted octanol–water partition coefficient (Wildman–Crippen LogP) is 26.6. The van der Waals surface area contributed by atoms with E-state index in [1.165, 1.54) is 41.7 Å². The van der Waals surface area contributed by atoms with E-state index in [4.69, 9.17) is 13.8 Å². The van der Waals surface area contributed by atoms with Gasteiger partial charge in [-0.25, -0.2) is 39.9 Å². The van der Waals surface area contributed by atoms with E-state index < -0.39 is 0 Å². The fourth-order valence-corrected chi connectivity index (χ4v) is 15.9. The van der Waals surface area contributed by atoms with Crippen LogP contribution in [-0.4, -0.2) is 39.9 Å². The molecule has 0 bridgehead atoms. The molecule has 14 aromatic carbocycles. The van der Waals surface area contributed by atoms with Crippen LogP contribution in [-0.2, 0) is 0 Å². The molecule has 0 aliphatic rings. The van der Waals surface area contributed by atoms with Gasteiger partial charge < -0.3 is 8.83 Å². The van der Waals surface area contributed by atoms with Crippen molar-refractivity contribution in [1.29, 1.82) is 0 Å². The molecule has 0 N–H and O–H groups in total. The standard InChI is InChI=1S/C29H20N2O.C25H18N2.C23H16N2O.C23H16N2S/c1-19-30-26(21-8-3-2-4-9-21)18-27(31-19)22-16-14-20(15-17-22)23-11-7-12-25-24-10-5-6-13-28(24)32-29(23)25;1-17-26-24(18-9-3-2-4-10-18)16-25(27-17)23-15-19-11-5-6-12-20(19)21-13-7-8-14-22(21)23;2*1-15-24-20(16-7-3-2-4-8-16)14-21(25-15)17-11-12-19-18-9-5-6-10-22(18)26-23(19)13-17/h2-18H,1H3;2-16H,1H3;2*2-14H,1H3. The maximum atomic E-state index is 6.21. The average Bonchev–Trinajstić information content (AvgIpc) is 1.76. The molecule has 528 valence electrons. The Kier molecular flexibility index (Phi) is 18.6. The molecule has 0 unspecified atom stereocenters. The van der Waals surface area contributed by atoms with Gasteiger partial charge in [0.15, 0.2) is 0 Å². The van der Waals surface area contributed by atoms with Crippen LogP contribution in [0.4, 0.5) is 0 Å². The molecule has 0 atom stereocenters. The van der Waals surface area contributed by atoms with Gasteiger partial charge >= 0.3 is 0 Å². The first-order valence-electron chi connectivity index (χ1n) is 37.0. The van der Waals surface area contributed by atoms with Crippen molar-refractivity contribution in [3.63, 3.8) is 0 Å². The Morgan fingerprint density at radius 1 is 0.198 bits per heavy atom. The topological polar surface area (TPSA) is 129 Å². The summed E-state index contributed by atoms with van der Waals surface area (Å²) in [6.45, 7) is 7.77. The highest BCUT2D eigenvalue weighted by molar-refractivity contribution is 7.25. The Hall–Kier alpha value is -14.3. The zero-order valence-electron chi connectivity index (χ0n) is 61.3. The number of rotatable bonds is 9. The van der Waals surface area contributed by atoms with Crippen LogP contribution in [0.5, 0.6) is 0 Å². The van der Waals surface area contributed by atoms with E-state index in [2.05, 4.69) is 271 Å². The van der Waals surface area contributed by atoms with Gasteiger partial charge in [0.25, 0.3) is 0 Å². The van der Waals surface area contributed by atoms with E-state index in [1.54, 1.807) is 0 Å².